The SMILES string of the molecule is CCc1cc(C(C)(C)C)ccc1NC=O. The van der Waals surface area contributed by atoms with Crippen molar-refractivity contribution in [1.29, 1.82) is 0 Å². The average Bonchev–Trinajstić information content (AvgIpc) is 2.17. The number of hydrogen-bond acceptors (Lipinski definition) is 1. The van der Waals surface area contributed by atoms with Crippen molar-refractivity contribution in [2.75, 3.05) is 5.32 Å². The highest BCUT2D eigenvalue weighted by Gasteiger charge is 2.14. The predicted molar refractivity (Wildman–Crippen MR) is 64.2 cm³/mol. The number of amides is 1. The fourth-order valence-corrected chi connectivity index (χ4v) is 1.56. The molecule has 2 nitrogen and oxygen atoms in total. The zero-order valence-electron chi connectivity index (χ0n) is 9.92. The van der Waals surface area contributed by atoms with E-state index in [1.807, 2.05) is 6.07 Å². The van der Waals surface area contributed by atoms with Crippen molar-refractivity contribution in [2.45, 2.75) is 39.5 Å². The van der Waals surface area contributed by atoms with Crippen LogP contribution in [0.2, 0.25) is 0 Å². The van der Waals surface area contributed by atoms with Crippen LogP contribution in [0, 0.1) is 0 Å². The van der Waals surface area contributed by atoms with E-state index in [-0.39, 0.29) is 5.41 Å². The van der Waals surface area contributed by atoms with Crippen molar-refractivity contribution in [3.8, 4) is 0 Å². The molecule has 0 saturated carbocycles. The van der Waals surface area contributed by atoms with Gasteiger partial charge in [-0.2, -0.15) is 0 Å². The topological polar surface area (TPSA) is 29.1 Å². The first-order valence-corrected chi connectivity index (χ1v) is 5.32. The summed E-state index contributed by atoms with van der Waals surface area (Å²) in [5.41, 5.74) is 3.56. The molecule has 0 atom stereocenters. The molecule has 0 aromatic heterocycles. The van der Waals surface area contributed by atoms with Gasteiger partial charge in [0.2, 0.25) is 6.41 Å². The second kappa shape index (κ2) is 4.47. The third kappa shape index (κ3) is 2.82. The molecule has 0 aliphatic heterocycles. The lowest BCUT2D eigenvalue weighted by Gasteiger charge is -2.21. The highest BCUT2D eigenvalue weighted by atomic mass is 16.1. The largest absolute Gasteiger partial charge is 0.328 e. The second-order valence-electron chi connectivity index (χ2n) is 4.74. The third-order valence-corrected chi connectivity index (χ3v) is 2.57. The number of benzene rings is 1. The maximum atomic E-state index is 10.4. The van der Waals surface area contributed by atoms with Crippen molar-refractivity contribution >= 4 is 12.1 Å². The molecule has 0 radical (unpaired) electrons. The van der Waals surface area contributed by atoms with Crippen LogP contribution < -0.4 is 5.32 Å². The minimum atomic E-state index is 0.156. The number of carbonyl (C=O) groups excluding carboxylic acids is 1. The number of aryl methyl sites for hydroxylation is 1. The fourth-order valence-electron chi connectivity index (χ4n) is 1.56. The van der Waals surface area contributed by atoms with Crippen LogP contribution in [0.15, 0.2) is 18.2 Å². The van der Waals surface area contributed by atoms with Crippen molar-refractivity contribution in [2.24, 2.45) is 0 Å². The predicted octanol–water partition coefficient (Wildman–Crippen LogP) is 3.11. The van der Waals surface area contributed by atoms with E-state index in [9.17, 15) is 4.79 Å². The summed E-state index contributed by atoms with van der Waals surface area (Å²) in [4.78, 5) is 10.4. The van der Waals surface area contributed by atoms with Gasteiger partial charge < -0.3 is 5.32 Å². The van der Waals surface area contributed by atoms with Crippen molar-refractivity contribution < 1.29 is 4.79 Å². The second-order valence-corrected chi connectivity index (χ2v) is 4.74. The molecule has 2 heteroatoms. The smallest absolute Gasteiger partial charge is 0.211 e. The van der Waals surface area contributed by atoms with E-state index in [0.29, 0.717) is 0 Å². The van der Waals surface area contributed by atoms with Gasteiger partial charge in [-0.25, -0.2) is 0 Å². The van der Waals surface area contributed by atoms with Crippen LogP contribution in [-0.4, -0.2) is 6.41 Å². The lowest BCUT2D eigenvalue weighted by atomic mass is 9.85. The summed E-state index contributed by atoms with van der Waals surface area (Å²) in [6, 6.07) is 6.23. The molecule has 15 heavy (non-hydrogen) atoms. The maximum Gasteiger partial charge on any atom is 0.211 e. The minimum Gasteiger partial charge on any atom is -0.328 e. The summed E-state index contributed by atoms with van der Waals surface area (Å²) in [5.74, 6) is 0. The molecule has 0 unspecified atom stereocenters. The normalized spacial score (nSPS) is 11.2. The van der Waals surface area contributed by atoms with Gasteiger partial charge in [-0.15, -0.1) is 0 Å². The molecule has 0 heterocycles. The number of rotatable bonds is 3. The van der Waals surface area contributed by atoms with Crippen LogP contribution in [0.5, 0.6) is 0 Å². The molecule has 0 bridgehead atoms. The molecule has 0 spiro atoms. The number of anilines is 1. The van der Waals surface area contributed by atoms with E-state index >= 15 is 0 Å². The van der Waals surface area contributed by atoms with E-state index < -0.39 is 0 Å². The Morgan fingerprint density at radius 1 is 1.33 bits per heavy atom. The van der Waals surface area contributed by atoms with Gasteiger partial charge in [0.05, 0.1) is 0 Å². The first-order valence-electron chi connectivity index (χ1n) is 5.32. The Labute approximate surface area is 91.7 Å². The van der Waals surface area contributed by atoms with Gasteiger partial charge in [0.15, 0.2) is 0 Å². The van der Waals surface area contributed by atoms with Gasteiger partial charge in [0.25, 0.3) is 0 Å². The lowest BCUT2D eigenvalue weighted by Crippen LogP contribution is -2.12. The zero-order chi connectivity index (χ0) is 11.5. The first-order chi connectivity index (χ1) is 6.99. The Kier molecular flexibility index (Phi) is 3.51. The van der Waals surface area contributed by atoms with Crippen molar-refractivity contribution in [3.63, 3.8) is 0 Å². The summed E-state index contributed by atoms with van der Waals surface area (Å²) in [5, 5.41) is 2.73. The number of carbonyl (C=O) groups is 1. The monoisotopic (exact) mass is 205 g/mol. The van der Waals surface area contributed by atoms with Gasteiger partial charge in [-0.3, -0.25) is 4.79 Å². The van der Waals surface area contributed by atoms with Crippen LogP contribution >= 0.6 is 0 Å². The summed E-state index contributed by atoms with van der Waals surface area (Å²) in [6.07, 6.45) is 1.66. The average molecular weight is 205 g/mol. The molecule has 0 saturated heterocycles. The van der Waals surface area contributed by atoms with Crippen LogP contribution in [0.4, 0.5) is 5.69 Å². The Morgan fingerprint density at radius 3 is 2.47 bits per heavy atom. The summed E-state index contributed by atoms with van der Waals surface area (Å²) in [7, 11) is 0. The van der Waals surface area contributed by atoms with Crippen LogP contribution in [0.3, 0.4) is 0 Å². The van der Waals surface area contributed by atoms with Gasteiger partial charge in [-0.1, -0.05) is 39.8 Å². The van der Waals surface area contributed by atoms with Crippen LogP contribution in [-0.2, 0) is 16.6 Å². The summed E-state index contributed by atoms with van der Waals surface area (Å²) < 4.78 is 0. The van der Waals surface area contributed by atoms with Crippen molar-refractivity contribution in [1.82, 2.24) is 0 Å². The highest BCUT2D eigenvalue weighted by molar-refractivity contribution is 5.73. The van der Waals surface area contributed by atoms with E-state index in [1.54, 1.807) is 0 Å². The third-order valence-electron chi connectivity index (χ3n) is 2.57. The van der Waals surface area contributed by atoms with E-state index in [2.05, 4.69) is 45.1 Å². The van der Waals surface area contributed by atoms with Crippen LogP contribution in [0.25, 0.3) is 0 Å². The molecule has 82 valence electrons. The standard InChI is InChI=1S/C13H19NO/c1-5-10-8-11(13(2,3)4)6-7-12(10)14-9-15/h6-9H,5H2,1-4H3,(H,14,15). The molecule has 1 rings (SSSR count). The Balaban J connectivity index is 3.13. The summed E-state index contributed by atoms with van der Waals surface area (Å²) in [6.45, 7) is 8.66. The number of nitrogens with one attached hydrogen (secondary N) is 1. The Morgan fingerprint density at radius 2 is 2.00 bits per heavy atom. The molecule has 1 N–H and O–H groups in total. The molecule has 0 aliphatic carbocycles. The fraction of sp³-hybridized carbons (Fsp3) is 0.462. The van der Waals surface area contributed by atoms with E-state index in [1.165, 1.54) is 11.1 Å². The van der Waals surface area contributed by atoms with E-state index in [0.717, 1.165) is 18.5 Å². The summed E-state index contributed by atoms with van der Waals surface area (Å²) >= 11 is 0. The molecule has 1 amide bonds. The van der Waals surface area contributed by atoms with Gasteiger partial charge >= 0.3 is 0 Å². The Bertz CT molecular complexity index is 350. The van der Waals surface area contributed by atoms with E-state index in [4.69, 9.17) is 0 Å². The van der Waals surface area contributed by atoms with Crippen LogP contribution in [0.1, 0.15) is 38.8 Å². The van der Waals surface area contributed by atoms with Crippen molar-refractivity contribution in [3.05, 3.63) is 29.3 Å². The molecule has 0 fully saturated rings. The lowest BCUT2D eigenvalue weighted by molar-refractivity contribution is -0.105. The van der Waals surface area contributed by atoms with Gasteiger partial charge in [-0.05, 0) is 29.0 Å². The quantitative estimate of drug-likeness (QED) is 0.755. The molecule has 1 aromatic carbocycles. The van der Waals surface area contributed by atoms with Gasteiger partial charge in [0.1, 0.15) is 0 Å². The molecule has 0 aliphatic rings. The maximum absolute atomic E-state index is 10.4. The molecular weight excluding hydrogens is 186 g/mol. The number of hydrogen-bond donors (Lipinski definition) is 1. The Hall–Kier alpha value is -1.31. The zero-order valence-corrected chi connectivity index (χ0v) is 9.92. The molecular formula is C13H19NO. The molecule has 1 aromatic rings. The highest BCUT2D eigenvalue weighted by Crippen LogP contribution is 2.26. The van der Waals surface area contributed by atoms with Gasteiger partial charge in [0, 0.05) is 5.69 Å². The minimum absolute atomic E-state index is 0.156. The first kappa shape index (κ1) is 11.8.